The Balaban J connectivity index is 1.93. The number of aliphatic imine (C=N–C) groups is 1. The molecule has 1 aliphatic carbocycles. The van der Waals surface area contributed by atoms with Crippen molar-refractivity contribution in [3.63, 3.8) is 0 Å². The topological polar surface area (TPSA) is 32.6 Å². The normalized spacial score (nSPS) is 42.4. The lowest BCUT2D eigenvalue weighted by Gasteiger charge is -1.93. The molecule has 3 heteroatoms. The summed E-state index contributed by atoms with van der Waals surface area (Å²) in [5.41, 5.74) is 1.35. The van der Waals surface area contributed by atoms with Crippen molar-refractivity contribution in [1.82, 2.24) is 0 Å². The van der Waals surface area contributed by atoms with Crippen molar-refractivity contribution in [2.24, 2.45) is 16.8 Å². The first-order valence-electron chi connectivity index (χ1n) is 4.10. The number of thioether (sulfide) groups is 1. The predicted octanol–water partition coefficient (Wildman–Crippen LogP) is 1.15. The van der Waals surface area contributed by atoms with Gasteiger partial charge in [0, 0.05) is 24.0 Å². The van der Waals surface area contributed by atoms with Crippen LogP contribution in [0.5, 0.6) is 0 Å². The maximum absolute atomic E-state index is 8.84. The van der Waals surface area contributed by atoms with E-state index in [2.05, 4.69) is 11.9 Å². The number of nitrogens with zero attached hydrogens (tertiary/aromatic N) is 1. The van der Waals surface area contributed by atoms with E-state index in [-0.39, 0.29) is 0 Å². The van der Waals surface area contributed by atoms with Gasteiger partial charge in [0.15, 0.2) is 0 Å². The standard InChI is InChI=1S/C8H13NOS/c1-5-9-8(4-11-5)7-2-6(7)3-10/h5-7,10H,2-4H2,1H3/t5?,6-,7+/m0/s1. The first kappa shape index (κ1) is 7.62. The Morgan fingerprint density at radius 1 is 1.73 bits per heavy atom. The van der Waals surface area contributed by atoms with Crippen molar-refractivity contribution in [2.75, 3.05) is 12.4 Å². The maximum atomic E-state index is 8.84. The largest absolute Gasteiger partial charge is 0.396 e. The molecule has 62 valence electrons. The summed E-state index contributed by atoms with van der Waals surface area (Å²) in [5.74, 6) is 2.28. The summed E-state index contributed by atoms with van der Waals surface area (Å²) in [4.78, 5) is 4.52. The second kappa shape index (κ2) is 2.79. The van der Waals surface area contributed by atoms with Crippen LogP contribution in [0.3, 0.4) is 0 Å². The Morgan fingerprint density at radius 3 is 3.00 bits per heavy atom. The number of hydrogen-bond donors (Lipinski definition) is 1. The maximum Gasteiger partial charge on any atom is 0.0926 e. The van der Waals surface area contributed by atoms with E-state index in [1.54, 1.807) is 0 Å². The average Bonchev–Trinajstić information content (AvgIpc) is 2.68. The first-order valence-corrected chi connectivity index (χ1v) is 5.15. The molecule has 0 spiro atoms. The molecule has 0 saturated heterocycles. The minimum Gasteiger partial charge on any atom is -0.396 e. The van der Waals surface area contributed by atoms with E-state index in [0.29, 0.717) is 23.8 Å². The van der Waals surface area contributed by atoms with Gasteiger partial charge in [-0.05, 0) is 19.3 Å². The summed E-state index contributed by atoms with van der Waals surface area (Å²) in [5, 5.41) is 9.30. The Bertz CT molecular complexity index is 193. The Morgan fingerprint density at radius 2 is 2.55 bits per heavy atom. The quantitative estimate of drug-likeness (QED) is 0.676. The molecule has 0 aromatic rings. The van der Waals surface area contributed by atoms with E-state index in [1.807, 2.05) is 11.8 Å². The third kappa shape index (κ3) is 1.44. The number of aliphatic hydroxyl groups excluding tert-OH is 1. The van der Waals surface area contributed by atoms with Gasteiger partial charge in [0.25, 0.3) is 0 Å². The van der Waals surface area contributed by atoms with Crippen LogP contribution in [0, 0.1) is 11.8 Å². The van der Waals surface area contributed by atoms with Crippen LogP contribution in [0.25, 0.3) is 0 Å². The van der Waals surface area contributed by atoms with Crippen molar-refractivity contribution >= 4 is 17.5 Å². The highest BCUT2D eigenvalue weighted by molar-refractivity contribution is 8.00. The molecule has 11 heavy (non-hydrogen) atoms. The monoisotopic (exact) mass is 171 g/mol. The third-order valence-electron chi connectivity index (χ3n) is 2.41. The molecule has 0 bridgehead atoms. The molecule has 3 atom stereocenters. The second-order valence-electron chi connectivity index (χ2n) is 3.32. The van der Waals surface area contributed by atoms with Crippen LogP contribution in [0.2, 0.25) is 0 Å². The SMILES string of the molecule is CC1N=C([C@@H]2C[C@H]2CO)CS1. The molecule has 0 aromatic carbocycles. The van der Waals surface area contributed by atoms with Gasteiger partial charge in [-0.15, -0.1) is 11.8 Å². The number of aliphatic hydroxyl groups is 1. The van der Waals surface area contributed by atoms with Crippen LogP contribution in [0.4, 0.5) is 0 Å². The van der Waals surface area contributed by atoms with Crippen LogP contribution >= 0.6 is 11.8 Å². The molecule has 2 aliphatic rings. The zero-order chi connectivity index (χ0) is 7.84. The first-order chi connectivity index (χ1) is 5.31. The average molecular weight is 171 g/mol. The Labute approximate surface area is 71.1 Å². The summed E-state index contributed by atoms with van der Waals surface area (Å²) in [6.07, 6.45) is 1.17. The molecular weight excluding hydrogens is 158 g/mol. The minimum atomic E-state index is 0.350. The number of rotatable bonds is 2. The van der Waals surface area contributed by atoms with Crippen molar-refractivity contribution in [2.45, 2.75) is 18.7 Å². The zero-order valence-corrected chi connectivity index (χ0v) is 7.47. The van der Waals surface area contributed by atoms with Gasteiger partial charge >= 0.3 is 0 Å². The van der Waals surface area contributed by atoms with Crippen LogP contribution in [-0.4, -0.2) is 28.6 Å². The van der Waals surface area contributed by atoms with Gasteiger partial charge in [0.05, 0.1) is 5.37 Å². The molecule has 2 rings (SSSR count). The van der Waals surface area contributed by atoms with Crippen LogP contribution in [0.15, 0.2) is 4.99 Å². The Kier molecular flexibility index (Phi) is 1.93. The van der Waals surface area contributed by atoms with Crippen molar-refractivity contribution in [3.05, 3.63) is 0 Å². The molecule has 0 radical (unpaired) electrons. The lowest BCUT2D eigenvalue weighted by molar-refractivity contribution is 0.273. The smallest absolute Gasteiger partial charge is 0.0926 e. The van der Waals surface area contributed by atoms with Crippen molar-refractivity contribution in [3.8, 4) is 0 Å². The van der Waals surface area contributed by atoms with Gasteiger partial charge in [0.1, 0.15) is 0 Å². The van der Waals surface area contributed by atoms with E-state index >= 15 is 0 Å². The van der Waals surface area contributed by atoms with E-state index in [4.69, 9.17) is 5.11 Å². The molecule has 1 fully saturated rings. The second-order valence-corrected chi connectivity index (χ2v) is 4.62. The van der Waals surface area contributed by atoms with E-state index in [1.165, 1.54) is 12.1 Å². The summed E-state index contributed by atoms with van der Waals surface area (Å²) in [7, 11) is 0. The fourth-order valence-electron chi connectivity index (χ4n) is 1.57. The fourth-order valence-corrected chi connectivity index (χ4v) is 2.48. The highest BCUT2D eigenvalue weighted by Gasteiger charge is 2.41. The predicted molar refractivity (Wildman–Crippen MR) is 48.0 cm³/mol. The van der Waals surface area contributed by atoms with Gasteiger partial charge in [-0.25, -0.2) is 0 Å². The molecule has 1 saturated carbocycles. The molecule has 1 N–H and O–H groups in total. The summed E-state index contributed by atoms with van der Waals surface area (Å²) in [6.45, 7) is 2.48. The molecule has 1 heterocycles. The van der Waals surface area contributed by atoms with Gasteiger partial charge in [-0.2, -0.15) is 0 Å². The van der Waals surface area contributed by atoms with Gasteiger partial charge < -0.3 is 5.11 Å². The molecule has 1 aliphatic heterocycles. The molecule has 2 nitrogen and oxygen atoms in total. The van der Waals surface area contributed by atoms with Crippen LogP contribution in [0.1, 0.15) is 13.3 Å². The van der Waals surface area contributed by atoms with Crippen molar-refractivity contribution in [1.29, 1.82) is 0 Å². The van der Waals surface area contributed by atoms with E-state index in [9.17, 15) is 0 Å². The molecule has 1 unspecified atom stereocenters. The minimum absolute atomic E-state index is 0.350. The number of hydrogen-bond acceptors (Lipinski definition) is 3. The van der Waals surface area contributed by atoms with Crippen LogP contribution < -0.4 is 0 Å². The fraction of sp³-hybridized carbons (Fsp3) is 0.875. The van der Waals surface area contributed by atoms with E-state index < -0.39 is 0 Å². The third-order valence-corrected chi connectivity index (χ3v) is 3.46. The summed E-state index contributed by atoms with van der Waals surface area (Å²) in [6, 6.07) is 0. The lowest BCUT2D eigenvalue weighted by Crippen LogP contribution is -2.03. The van der Waals surface area contributed by atoms with Gasteiger partial charge in [-0.1, -0.05) is 0 Å². The highest BCUT2D eigenvalue weighted by Crippen LogP contribution is 2.42. The molecule has 0 aromatic heterocycles. The van der Waals surface area contributed by atoms with Crippen LogP contribution in [-0.2, 0) is 0 Å². The van der Waals surface area contributed by atoms with Crippen molar-refractivity contribution < 1.29 is 5.11 Å². The van der Waals surface area contributed by atoms with Gasteiger partial charge in [-0.3, -0.25) is 4.99 Å². The summed E-state index contributed by atoms with van der Waals surface area (Å²) < 4.78 is 0. The van der Waals surface area contributed by atoms with E-state index in [0.717, 1.165) is 5.75 Å². The van der Waals surface area contributed by atoms with Gasteiger partial charge in [0.2, 0.25) is 0 Å². The molecular formula is C8H13NOS. The zero-order valence-electron chi connectivity index (χ0n) is 6.66. The lowest BCUT2D eigenvalue weighted by atomic mass is 10.2. The summed E-state index contributed by atoms with van der Waals surface area (Å²) >= 11 is 1.90. The highest BCUT2D eigenvalue weighted by atomic mass is 32.2. The molecule has 0 amide bonds. The Hall–Kier alpha value is -0.0200.